The van der Waals surface area contributed by atoms with Crippen LogP contribution in [0.2, 0.25) is 0 Å². The van der Waals surface area contributed by atoms with Gasteiger partial charge in [0.25, 0.3) is 0 Å². The van der Waals surface area contributed by atoms with Crippen LogP contribution in [0, 0.1) is 0 Å². The molecule has 3 rings (SSSR count). The lowest BCUT2D eigenvalue weighted by Gasteiger charge is -2.29. The predicted molar refractivity (Wildman–Crippen MR) is 74.1 cm³/mol. The topological polar surface area (TPSA) is 44.4 Å². The Labute approximate surface area is 116 Å². The molecule has 0 bridgehead atoms. The number of nitrogens with one attached hydrogen (secondary N) is 2. The molecule has 1 amide bonds. The molecule has 0 aromatic carbocycles. The summed E-state index contributed by atoms with van der Waals surface area (Å²) in [6, 6.07) is 0.307. The highest BCUT2D eigenvalue weighted by Gasteiger charge is 2.38. The minimum Gasteiger partial charge on any atom is -0.366 e. The van der Waals surface area contributed by atoms with Gasteiger partial charge in [-0.05, 0) is 25.7 Å². The molecule has 0 saturated carbocycles. The van der Waals surface area contributed by atoms with E-state index in [1.807, 2.05) is 4.90 Å². The van der Waals surface area contributed by atoms with Gasteiger partial charge in [-0.15, -0.1) is 0 Å². The zero-order valence-electron chi connectivity index (χ0n) is 10.7. The van der Waals surface area contributed by atoms with Crippen molar-refractivity contribution in [1.29, 1.82) is 0 Å². The molecule has 1 fully saturated rings. The Morgan fingerprint density at radius 3 is 2.89 bits per heavy atom. The van der Waals surface area contributed by atoms with E-state index in [-0.39, 0.29) is 12.1 Å². The summed E-state index contributed by atoms with van der Waals surface area (Å²) in [5.74, 6) is 0.198. The van der Waals surface area contributed by atoms with E-state index in [1.54, 1.807) is 6.92 Å². The number of carbonyl (C=O) groups is 1. The van der Waals surface area contributed by atoms with Gasteiger partial charge in [0.15, 0.2) is 0 Å². The zero-order chi connectivity index (χ0) is 12.7. The average molecular weight is 314 g/mol. The number of hydrogen-bond donors (Lipinski definition) is 2. The predicted octanol–water partition coefficient (Wildman–Crippen LogP) is 1.68. The molecule has 2 heterocycles. The molecule has 0 radical (unpaired) electrons. The van der Waals surface area contributed by atoms with Crippen molar-refractivity contribution in [1.82, 2.24) is 15.5 Å². The third kappa shape index (κ3) is 2.13. The number of allylic oxidation sites excluding steroid dienone is 2. The van der Waals surface area contributed by atoms with Gasteiger partial charge in [0.2, 0.25) is 5.91 Å². The van der Waals surface area contributed by atoms with Gasteiger partial charge in [-0.1, -0.05) is 15.9 Å². The summed E-state index contributed by atoms with van der Waals surface area (Å²) >= 11 is 3.70. The zero-order valence-corrected chi connectivity index (χ0v) is 12.3. The maximum atomic E-state index is 11.6. The Balaban J connectivity index is 1.68. The monoisotopic (exact) mass is 313 g/mol. The Kier molecular flexibility index (Phi) is 3.26. The average Bonchev–Trinajstić information content (AvgIpc) is 2.93. The van der Waals surface area contributed by atoms with Crippen LogP contribution in [0.1, 0.15) is 39.0 Å². The van der Waals surface area contributed by atoms with Crippen LogP contribution in [-0.4, -0.2) is 34.4 Å². The molecule has 3 aliphatic rings. The van der Waals surface area contributed by atoms with Crippen molar-refractivity contribution in [3.05, 3.63) is 11.4 Å². The number of carbonyl (C=O) groups excluding carboxylic acids is 1. The molecule has 4 nitrogen and oxygen atoms in total. The second-order valence-electron chi connectivity index (χ2n) is 5.49. The molecule has 18 heavy (non-hydrogen) atoms. The Morgan fingerprint density at radius 2 is 2.11 bits per heavy atom. The van der Waals surface area contributed by atoms with E-state index in [4.69, 9.17) is 0 Å². The molecule has 2 aliphatic heterocycles. The fourth-order valence-corrected chi connectivity index (χ4v) is 3.89. The minimum atomic E-state index is 0.198. The maximum Gasteiger partial charge on any atom is 0.219 e. The Morgan fingerprint density at radius 1 is 1.33 bits per heavy atom. The van der Waals surface area contributed by atoms with Crippen LogP contribution in [0.4, 0.5) is 0 Å². The standard InChI is InChI=1S/C13H20BrN3O/c1-8(18)17-6-2-3-12(17)13-15-10-5-4-9(14)7-11(10)16-13/h9,12-13,15-16H,2-7H2,1H3/t9?,12-,13?/m0/s1. The van der Waals surface area contributed by atoms with Crippen molar-refractivity contribution in [3.63, 3.8) is 0 Å². The second kappa shape index (κ2) is 4.76. The number of likely N-dealkylation sites (tertiary alicyclic amines) is 1. The van der Waals surface area contributed by atoms with Gasteiger partial charge in [-0.3, -0.25) is 4.79 Å². The molecule has 1 saturated heterocycles. The third-order valence-corrected chi connectivity index (χ3v) is 5.03. The van der Waals surface area contributed by atoms with Gasteiger partial charge in [0.1, 0.15) is 6.17 Å². The van der Waals surface area contributed by atoms with Crippen LogP contribution in [0.15, 0.2) is 11.4 Å². The van der Waals surface area contributed by atoms with Gasteiger partial charge >= 0.3 is 0 Å². The van der Waals surface area contributed by atoms with E-state index in [2.05, 4.69) is 26.6 Å². The van der Waals surface area contributed by atoms with Crippen molar-refractivity contribution >= 4 is 21.8 Å². The highest BCUT2D eigenvalue weighted by atomic mass is 79.9. The van der Waals surface area contributed by atoms with Crippen LogP contribution in [-0.2, 0) is 4.79 Å². The molecule has 100 valence electrons. The molecule has 3 atom stereocenters. The van der Waals surface area contributed by atoms with Gasteiger partial charge in [0.05, 0.1) is 6.04 Å². The van der Waals surface area contributed by atoms with Gasteiger partial charge < -0.3 is 15.5 Å². The third-order valence-electron chi connectivity index (χ3n) is 4.25. The molecule has 2 unspecified atom stereocenters. The summed E-state index contributed by atoms with van der Waals surface area (Å²) in [6.07, 6.45) is 5.83. The summed E-state index contributed by atoms with van der Waals surface area (Å²) < 4.78 is 0. The van der Waals surface area contributed by atoms with Crippen molar-refractivity contribution in [2.45, 2.75) is 56.1 Å². The van der Waals surface area contributed by atoms with Crippen LogP contribution < -0.4 is 10.6 Å². The fraction of sp³-hybridized carbons (Fsp3) is 0.769. The van der Waals surface area contributed by atoms with Gasteiger partial charge in [0, 0.05) is 36.1 Å². The quantitative estimate of drug-likeness (QED) is 0.724. The Bertz CT molecular complexity index is 396. The summed E-state index contributed by atoms with van der Waals surface area (Å²) in [6.45, 7) is 2.58. The SMILES string of the molecule is CC(=O)N1CCC[C@H]1C1NC2=C(CC(Br)CC2)N1. The summed E-state index contributed by atoms with van der Waals surface area (Å²) in [7, 11) is 0. The summed E-state index contributed by atoms with van der Waals surface area (Å²) in [5, 5.41) is 7.19. The molecule has 1 aliphatic carbocycles. The minimum absolute atomic E-state index is 0.198. The lowest BCUT2D eigenvalue weighted by Crippen LogP contribution is -2.51. The highest BCUT2D eigenvalue weighted by Crippen LogP contribution is 2.32. The Hall–Kier alpha value is -0.710. The van der Waals surface area contributed by atoms with Crippen LogP contribution in [0.25, 0.3) is 0 Å². The number of hydrogen-bond acceptors (Lipinski definition) is 3. The normalized spacial score (nSPS) is 35.2. The van der Waals surface area contributed by atoms with Crippen molar-refractivity contribution < 1.29 is 4.79 Å². The summed E-state index contributed by atoms with van der Waals surface area (Å²) in [4.78, 5) is 14.2. The largest absolute Gasteiger partial charge is 0.366 e. The number of alkyl halides is 1. The molecule has 0 spiro atoms. The summed E-state index contributed by atoms with van der Waals surface area (Å²) in [5.41, 5.74) is 2.72. The van der Waals surface area contributed by atoms with E-state index in [1.165, 1.54) is 17.8 Å². The highest BCUT2D eigenvalue weighted by molar-refractivity contribution is 9.09. The molecule has 0 aromatic rings. The first kappa shape index (κ1) is 12.3. The molecular formula is C13H20BrN3O. The number of nitrogens with zero attached hydrogens (tertiary/aromatic N) is 1. The van der Waals surface area contributed by atoms with E-state index in [9.17, 15) is 4.79 Å². The second-order valence-corrected chi connectivity index (χ2v) is 6.78. The number of halogens is 1. The van der Waals surface area contributed by atoms with Crippen molar-refractivity contribution in [2.75, 3.05) is 6.54 Å². The van der Waals surface area contributed by atoms with Gasteiger partial charge in [-0.2, -0.15) is 0 Å². The smallest absolute Gasteiger partial charge is 0.219 e. The maximum absolute atomic E-state index is 11.6. The molecular weight excluding hydrogens is 294 g/mol. The molecule has 2 N–H and O–H groups in total. The number of amides is 1. The lowest BCUT2D eigenvalue weighted by molar-refractivity contribution is -0.130. The van der Waals surface area contributed by atoms with Crippen LogP contribution in [0.3, 0.4) is 0 Å². The van der Waals surface area contributed by atoms with Crippen molar-refractivity contribution in [2.24, 2.45) is 0 Å². The van der Waals surface area contributed by atoms with Crippen molar-refractivity contribution in [3.8, 4) is 0 Å². The van der Waals surface area contributed by atoms with Crippen LogP contribution in [0.5, 0.6) is 0 Å². The molecule has 0 aromatic heterocycles. The first-order valence-corrected chi connectivity index (χ1v) is 7.73. The van der Waals surface area contributed by atoms with E-state index >= 15 is 0 Å². The number of rotatable bonds is 1. The van der Waals surface area contributed by atoms with Gasteiger partial charge in [-0.25, -0.2) is 0 Å². The lowest BCUT2D eigenvalue weighted by atomic mass is 10.0. The van der Waals surface area contributed by atoms with E-state index < -0.39 is 0 Å². The van der Waals surface area contributed by atoms with E-state index in [0.717, 1.165) is 32.2 Å². The fourth-order valence-electron chi connectivity index (χ4n) is 3.34. The van der Waals surface area contributed by atoms with E-state index in [0.29, 0.717) is 10.9 Å². The van der Waals surface area contributed by atoms with Crippen LogP contribution >= 0.6 is 15.9 Å². The first-order chi connectivity index (χ1) is 8.65. The first-order valence-electron chi connectivity index (χ1n) is 6.81. The molecule has 5 heteroatoms.